The number of amides is 1. The molecule has 1 N–H and O–H groups in total. The molecule has 21 heavy (non-hydrogen) atoms. The molecule has 4 heteroatoms. The fraction of sp³-hybridized carbons (Fsp3) is 0.647. The summed E-state index contributed by atoms with van der Waals surface area (Å²) in [6, 6.07) is 2.26. The van der Waals surface area contributed by atoms with Crippen LogP contribution in [0.4, 0.5) is 5.69 Å². The van der Waals surface area contributed by atoms with Crippen molar-refractivity contribution in [2.75, 3.05) is 18.9 Å². The Hall–Kier alpha value is -1.58. The molecular formula is C17H27N3O. The number of carbonyl (C=O) groups excluding carboxylic acids is 1. The smallest absolute Gasteiger partial charge is 0.257 e. The molecule has 0 atom stereocenters. The summed E-state index contributed by atoms with van der Waals surface area (Å²) in [5.74, 6) is 0.881. The van der Waals surface area contributed by atoms with E-state index in [4.69, 9.17) is 0 Å². The molecule has 1 heterocycles. The number of nitrogens with zero attached hydrogens (tertiary/aromatic N) is 2. The van der Waals surface area contributed by atoms with Gasteiger partial charge in [-0.25, -0.2) is 0 Å². The number of nitrogens with one attached hydrogen (secondary N) is 1. The second-order valence-electron chi connectivity index (χ2n) is 6.18. The minimum atomic E-state index is 0.0845. The molecule has 0 bridgehead atoms. The normalized spacial score (nSPS) is 21.9. The molecule has 0 aromatic carbocycles. The van der Waals surface area contributed by atoms with Crippen molar-refractivity contribution in [3.63, 3.8) is 0 Å². The molecule has 4 nitrogen and oxygen atoms in total. The molecule has 1 amide bonds. The third-order valence-corrected chi connectivity index (χ3v) is 4.47. The zero-order chi connectivity index (χ0) is 15.2. The highest BCUT2D eigenvalue weighted by atomic mass is 16.2. The number of anilines is 1. The van der Waals surface area contributed by atoms with Crippen molar-refractivity contribution in [2.24, 2.45) is 5.92 Å². The van der Waals surface area contributed by atoms with Gasteiger partial charge in [-0.05, 0) is 44.1 Å². The van der Waals surface area contributed by atoms with Crippen molar-refractivity contribution in [3.05, 3.63) is 24.0 Å². The van der Waals surface area contributed by atoms with Crippen LogP contribution in [0, 0.1) is 5.92 Å². The molecule has 1 aromatic heterocycles. The maximum Gasteiger partial charge on any atom is 0.257 e. The number of aromatic nitrogens is 1. The second kappa shape index (κ2) is 7.43. The van der Waals surface area contributed by atoms with Crippen LogP contribution >= 0.6 is 0 Å². The Bertz CT molecular complexity index is 467. The third-order valence-electron chi connectivity index (χ3n) is 4.47. The van der Waals surface area contributed by atoms with Crippen LogP contribution in [-0.2, 0) is 0 Å². The number of pyridine rings is 1. The van der Waals surface area contributed by atoms with Gasteiger partial charge in [-0.2, -0.15) is 0 Å². The molecule has 116 valence electrons. The molecule has 1 saturated carbocycles. The second-order valence-corrected chi connectivity index (χ2v) is 6.18. The highest BCUT2D eigenvalue weighted by molar-refractivity contribution is 5.99. The lowest BCUT2D eigenvalue weighted by molar-refractivity contribution is 0.0680. The molecule has 2 rings (SSSR count). The molecule has 0 radical (unpaired) electrons. The Kier molecular flexibility index (Phi) is 5.59. The molecule has 1 aromatic rings. The van der Waals surface area contributed by atoms with Gasteiger partial charge in [0.05, 0.1) is 11.3 Å². The SMILES string of the molecule is CCCNc1ccncc1C(=O)N(C)C1CCC(C)CC1. The summed E-state index contributed by atoms with van der Waals surface area (Å²) in [5, 5.41) is 3.32. The average Bonchev–Trinajstić information content (AvgIpc) is 2.52. The third kappa shape index (κ3) is 3.96. The lowest BCUT2D eigenvalue weighted by Gasteiger charge is -2.34. The van der Waals surface area contributed by atoms with Gasteiger partial charge in [0.25, 0.3) is 5.91 Å². The van der Waals surface area contributed by atoms with Gasteiger partial charge < -0.3 is 10.2 Å². The van der Waals surface area contributed by atoms with Gasteiger partial charge in [0.1, 0.15) is 0 Å². The van der Waals surface area contributed by atoms with Gasteiger partial charge in [0.15, 0.2) is 0 Å². The van der Waals surface area contributed by atoms with Crippen LogP contribution < -0.4 is 5.32 Å². The quantitative estimate of drug-likeness (QED) is 0.901. The van der Waals surface area contributed by atoms with Crippen LogP contribution in [-0.4, -0.2) is 35.4 Å². The Morgan fingerprint density at radius 3 is 2.76 bits per heavy atom. The lowest BCUT2D eigenvalue weighted by Crippen LogP contribution is -2.39. The van der Waals surface area contributed by atoms with Crippen LogP contribution in [0.2, 0.25) is 0 Å². The van der Waals surface area contributed by atoms with E-state index in [0.29, 0.717) is 11.6 Å². The fourth-order valence-corrected chi connectivity index (χ4v) is 2.96. The summed E-state index contributed by atoms with van der Waals surface area (Å²) in [7, 11) is 1.93. The summed E-state index contributed by atoms with van der Waals surface area (Å²) in [4.78, 5) is 18.8. The summed E-state index contributed by atoms with van der Waals surface area (Å²) in [6.45, 7) is 5.28. The maximum absolute atomic E-state index is 12.8. The van der Waals surface area contributed by atoms with Gasteiger partial charge in [0.2, 0.25) is 0 Å². The van der Waals surface area contributed by atoms with Crippen molar-refractivity contribution < 1.29 is 4.79 Å². The molecule has 1 aliphatic carbocycles. The Morgan fingerprint density at radius 1 is 1.38 bits per heavy atom. The van der Waals surface area contributed by atoms with E-state index < -0.39 is 0 Å². The van der Waals surface area contributed by atoms with Crippen molar-refractivity contribution >= 4 is 11.6 Å². The van der Waals surface area contributed by atoms with Gasteiger partial charge in [-0.15, -0.1) is 0 Å². The topological polar surface area (TPSA) is 45.2 Å². The highest BCUT2D eigenvalue weighted by Gasteiger charge is 2.26. The predicted molar refractivity (Wildman–Crippen MR) is 86.5 cm³/mol. The summed E-state index contributed by atoms with van der Waals surface area (Å²) < 4.78 is 0. The number of hydrogen-bond acceptors (Lipinski definition) is 3. The molecule has 0 unspecified atom stereocenters. The lowest BCUT2D eigenvalue weighted by atomic mass is 9.86. The van der Waals surface area contributed by atoms with Crippen LogP contribution in [0.5, 0.6) is 0 Å². The first-order chi connectivity index (χ1) is 10.1. The van der Waals surface area contributed by atoms with E-state index in [1.807, 2.05) is 18.0 Å². The molecule has 0 aliphatic heterocycles. The molecule has 1 fully saturated rings. The Balaban J connectivity index is 2.08. The average molecular weight is 289 g/mol. The first kappa shape index (κ1) is 15.8. The summed E-state index contributed by atoms with van der Waals surface area (Å²) in [5.41, 5.74) is 1.58. The predicted octanol–water partition coefficient (Wildman–Crippen LogP) is 3.55. The van der Waals surface area contributed by atoms with E-state index in [9.17, 15) is 4.79 Å². The number of carbonyl (C=O) groups is 1. The van der Waals surface area contributed by atoms with Gasteiger partial charge >= 0.3 is 0 Å². The van der Waals surface area contributed by atoms with Gasteiger partial charge in [0, 0.05) is 32.0 Å². The largest absolute Gasteiger partial charge is 0.384 e. The molecule has 1 aliphatic rings. The first-order valence-electron chi connectivity index (χ1n) is 8.08. The Morgan fingerprint density at radius 2 is 2.10 bits per heavy atom. The molecular weight excluding hydrogens is 262 g/mol. The van der Waals surface area contributed by atoms with E-state index in [2.05, 4.69) is 24.1 Å². The van der Waals surface area contributed by atoms with Crippen LogP contribution in [0.25, 0.3) is 0 Å². The van der Waals surface area contributed by atoms with Gasteiger partial charge in [-0.3, -0.25) is 9.78 Å². The summed E-state index contributed by atoms with van der Waals surface area (Å²) >= 11 is 0. The minimum absolute atomic E-state index is 0.0845. The van der Waals surface area contributed by atoms with E-state index >= 15 is 0 Å². The van der Waals surface area contributed by atoms with E-state index in [1.165, 1.54) is 12.8 Å². The standard InChI is InChI=1S/C17H27N3O/c1-4-10-19-16-9-11-18-12-15(16)17(21)20(3)14-7-5-13(2)6-8-14/h9,11-14H,4-8,10H2,1-3H3,(H,18,19). The van der Waals surface area contributed by atoms with Gasteiger partial charge in [-0.1, -0.05) is 13.8 Å². The highest BCUT2D eigenvalue weighted by Crippen LogP contribution is 2.28. The van der Waals surface area contributed by atoms with Crippen molar-refractivity contribution in [1.82, 2.24) is 9.88 Å². The van der Waals surface area contributed by atoms with Crippen LogP contribution in [0.3, 0.4) is 0 Å². The minimum Gasteiger partial charge on any atom is -0.384 e. The summed E-state index contributed by atoms with van der Waals surface area (Å²) in [6.07, 6.45) is 9.11. The van der Waals surface area contributed by atoms with Crippen molar-refractivity contribution in [3.8, 4) is 0 Å². The van der Waals surface area contributed by atoms with Crippen LogP contribution in [0.1, 0.15) is 56.3 Å². The molecule has 0 spiro atoms. The maximum atomic E-state index is 12.8. The Labute approximate surface area is 127 Å². The fourth-order valence-electron chi connectivity index (χ4n) is 2.96. The van der Waals surface area contributed by atoms with Crippen molar-refractivity contribution in [1.29, 1.82) is 0 Å². The number of rotatable bonds is 5. The number of hydrogen-bond donors (Lipinski definition) is 1. The van der Waals surface area contributed by atoms with E-state index in [0.717, 1.165) is 37.4 Å². The zero-order valence-corrected chi connectivity index (χ0v) is 13.4. The molecule has 0 saturated heterocycles. The van der Waals surface area contributed by atoms with Crippen LogP contribution in [0.15, 0.2) is 18.5 Å². The monoisotopic (exact) mass is 289 g/mol. The zero-order valence-electron chi connectivity index (χ0n) is 13.4. The van der Waals surface area contributed by atoms with Crippen molar-refractivity contribution in [2.45, 2.75) is 52.0 Å². The first-order valence-corrected chi connectivity index (χ1v) is 8.08. The van der Waals surface area contributed by atoms with E-state index in [-0.39, 0.29) is 5.91 Å². The van der Waals surface area contributed by atoms with E-state index in [1.54, 1.807) is 12.4 Å².